The van der Waals surface area contributed by atoms with E-state index >= 15 is 8.78 Å². The molecule has 0 amide bonds. The Morgan fingerprint density at radius 1 is 0.325 bits per heavy atom. The van der Waals surface area contributed by atoms with E-state index in [1.165, 1.54) is 12.1 Å². The van der Waals surface area contributed by atoms with Gasteiger partial charge < -0.3 is 10.6 Å². The molecular weight excluding hydrogens is 498 g/mol. The summed E-state index contributed by atoms with van der Waals surface area (Å²) < 4.78 is 30.2. The summed E-state index contributed by atoms with van der Waals surface area (Å²) in [7, 11) is 0. The largest absolute Gasteiger partial charge is 0.355 e. The predicted octanol–water partition coefficient (Wildman–Crippen LogP) is 10.5. The van der Waals surface area contributed by atoms with Gasteiger partial charge >= 0.3 is 0 Å². The molecule has 6 rings (SSSR count). The number of hydrogen-bond donors (Lipinski definition) is 2. The van der Waals surface area contributed by atoms with Gasteiger partial charge in [0.2, 0.25) is 0 Å². The molecule has 6 aromatic carbocycles. The van der Waals surface area contributed by atoms with Gasteiger partial charge in [-0.2, -0.15) is 0 Å². The van der Waals surface area contributed by atoms with Gasteiger partial charge in [-0.25, -0.2) is 8.78 Å². The molecular formula is C36H26F2N2. The van der Waals surface area contributed by atoms with Crippen LogP contribution in [0.5, 0.6) is 0 Å². The van der Waals surface area contributed by atoms with Gasteiger partial charge in [0.15, 0.2) is 0 Å². The van der Waals surface area contributed by atoms with E-state index in [1.54, 1.807) is 24.3 Å². The first-order valence-corrected chi connectivity index (χ1v) is 13.1. The molecule has 0 saturated heterocycles. The fourth-order valence-electron chi connectivity index (χ4n) is 4.71. The first-order chi connectivity index (χ1) is 19.6. The van der Waals surface area contributed by atoms with Crippen LogP contribution in [-0.4, -0.2) is 0 Å². The highest BCUT2D eigenvalue weighted by molar-refractivity contribution is 5.74. The van der Waals surface area contributed by atoms with Crippen molar-refractivity contribution in [3.63, 3.8) is 0 Å². The molecule has 0 spiro atoms. The van der Waals surface area contributed by atoms with E-state index < -0.39 is 11.6 Å². The Balaban J connectivity index is 1.14. The molecule has 6 aromatic rings. The predicted molar refractivity (Wildman–Crippen MR) is 162 cm³/mol. The third-order valence-electron chi connectivity index (χ3n) is 6.79. The summed E-state index contributed by atoms with van der Waals surface area (Å²) >= 11 is 0. The highest BCUT2D eigenvalue weighted by Crippen LogP contribution is 2.32. The summed E-state index contributed by atoms with van der Waals surface area (Å²) in [6.07, 6.45) is 0. The van der Waals surface area contributed by atoms with Crippen LogP contribution in [0.25, 0.3) is 33.4 Å². The second-order valence-electron chi connectivity index (χ2n) is 9.53. The standard InChI is InChI=1S/C36H26F2N2/c37-35-23-31(39-29-15-11-27(12-16-29)25-7-3-1-4-8-25)19-21-33(35)34-22-20-32(24-36(34)38)40-30-17-13-28(14-18-30)26-9-5-2-6-10-26/h1-24,39-40H. The monoisotopic (exact) mass is 524 g/mol. The molecule has 0 aliphatic carbocycles. The third-order valence-corrected chi connectivity index (χ3v) is 6.79. The Morgan fingerprint density at radius 2 is 0.650 bits per heavy atom. The number of hydrogen-bond acceptors (Lipinski definition) is 2. The van der Waals surface area contributed by atoms with Crippen LogP contribution in [0, 0.1) is 11.6 Å². The summed E-state index contributed by atoms with van der Waals surface area (Å²) in [4.78, 5) is 0. The minimum absolute atomic E-state index is 0.209. The van der Waals surface area contributed by atoms with E-state index in [9.17, 15) is 0 Å². The Kier molecular flexibility index (Phi) is 7.06. The Bertz CT molecular complexity index is 1600. The summed E-state index contributed by atoms with van der Waals surface area (Å²) in [6.45, 7) is 0. The van der Waals surface area contributed by atoms with Crippen molar-refractivity contribution < 1.29 is 8.78 Å². The number of benzene rings is 6. The molecule has 4 heteroatoms. The minimum atomic E-state index is -0.498. The van der Waals surface area contributed by atoms with Crippen LogP contribution >= 0.6 is 0 Å². The molecule has 0 aromatic heterocycles. The van der Waals surface area contributed by atoms with Crippen molar-refractivity contribution in [2.24, 2.45) is 0 Å². The maximum atomic E-state index is 15.1. The first kappa shape index (κ1) is 25.1. The van der Waals surface area contributed by atoms with E-state index in [0.717, 1.165) is 33.6 Å². The zero-order valence-corrected chi connectivity index (χ0v) is 21.6. The molecule has 0 fully saturated rings. The van der Waals surface area contributed by atoms with E-state index in [0.29, 0.717) is 11.4 Å². The molecule has 0 atom stereocenters. The lowest BCUT2D eigenvalue weighted by Gasteiger charge is -2.12. The fourth-order valence-corrected chi connectivity index (χ4v) is 4.71. The molecule has 0 bridgehead atoms. The van der Waals surface area contributed by atoms with E-state index in [-0.39, 0.29) is 11.1 Å². The Morgan fingerprint density at radius 3 is 1.00 bits per heavy atom. The van der Waals surface area contributed by atoms with Crippen molar-refractivity contribution in [2.75, 3.05) is 10.6 Å². The molecule has 0 radical (unpaired) electrons. The van der Waals surface area contributed by atoms with Gasteiger partial charge in [0, 0.05) is 33.9 Å². The van der Waals surface area contributed by atoms with Crippen molar-refractivity contribution in [1.29, 1.82) is 0 Å². The molecule has 0 aliphatic rings. The lowest BCUT2D eigenvalue weighted by Crippen LogP contribution is -1.95. The Labute approximate surface area is 232 Å². The van der Waals surface area contributed by atoms with Crippen molar-refractivity contribution in [3.05, 3.63) is 157 Å². The molecule has 194 valence electrons. The minimum Gasteiger partial charge on any atom is -0.355 e. The molecule has 2 nitrogen and oxygen atoms in total. The number of halogens is 2. The quantitative estimate of drug-likeness (QED) is 0.217. The summed E-state index contributed by atoms with van der Waals surface area (Å²) in [5.74, 6) is -0.996. The fraction of sp³-hybridized carbons (Fsp3) is 0. The van der Waals surface area contributed by atoms with Gasteiger partial charge in [-0.15, -0.1) is 0 Å². The zero-order valence-electron chi connectivity index (χ0n) is 21.6. The highest BCUT2D eigenvalue weighted by Gasteiger charge is 2.12. The number of nitrogens with one attached hydrogen (secondary N) is 2. The topological polar surface area (TPSA) is 24.1 Å². The molecule has 0 saturated carbocycles. The maximum absolute atomic E-state index is 15.1. The van der Waals surface area contributed by atoms with Crippen LogP contribution < -0.4 is 10.6 Å². The van der Waals surface area contributed by atoms with Crippen LogP contribution in [-0.2, 0) is 0 Å². The SMILES string of the molecule is Fc1cc(Nc2ccc(-c3ccccc3)cc2)ccc1-c1ccc(Nc2ccc(-c3ccccc3)cc2)cc1F. The van der Waals surface area contributed by atoms with Gasteiger partial charge in [-0.05, 0) is 82.9 Å². The van der Waals surface area contributed by atoms with Crippen LogP contribution in [0.15, 0.2) is 146 Å². The van der Waals surface area contributed by atoms with Crippen LogP contribution in [0.2, 0.25) is 0 Å². The van der Waals surface area contributed by atoms with Crippen molar-refractivity contribution >= 4 is 22.7 Å². The van der Waals surface area contributed by atoms with E-state index in [2.05, 4.69) is 34.9 Å². The van der Waals surface area contributed by atoms with Gasteiger partial charge in [0.05, 0.1) is 0 Å². The first-order valence-electron chi connectivity index (χ1n) is 13.1. The molecule has 0 unspecified atom stereocenters. The van der Waals surface area contributed by atoms with Crippen molar-refractivity contribution in [1.82, 2.24) is 0 Å². The smallest absolute Gasteiger partial charge is 0.133 e. The Hall–Kier alpha value is -5.22. The average Bonchev–Trinajstić information content (AvgIpc) is 2.99. The van der Waals surface area contributed by atoms with Gasteiger partial charge in [-0.3, -0.25) is 0 Å². The molecule has 40 heavy (non-hydrogen) atoms. The van der Waals surface area contributed by atoms with Gasteiger partial charge in [-0.1, -0.05) is 84.9 Å². The van der Waals surface area contributed by atoms with Gasteiger partial charge in [0.1, 0.15) is 11.6 Å². The third kappa shape index (κ3) is 5.62. The van der Waals surface area contributed by atoms with Crippen LogP contribution in [0.4, 0.5) is 31.5 Å². The second kappa shape index (κ2) is 11.3. The van der Waals surface area contributed by atoms with Crippen LogP contribution in [0.3, 0.4) is 0 Å². The zero-order chi connectivity index (χ0) is 27.3. The maximum Gasteiger partial charge on any atom is 0.133 e. The number of anilines is 4. The number of rotatable bonds is 7. The molecule has 0 heterocycles. The molecule has 2 N–H and O–H groups in total. The summed E-state index contributed by atoms with van der Waals surface area (Å²) in [5, 5.41) is 6.45. The normalized spacial score (nSPS) is 10.8. The van der Waals surface area contributed by atoms with E-state index in [1.807, 2.05) is 84.9 Å². The van der Waals surface area contributed by atoms with Crippen LogP contribution in [0.1, 0.15) is 0 Å². The van der Waals surface area contributed by atoms with Crippen molar-refractivity contribution in [3.8, 4) is 33.4 Å². The second-order valence-corrected chi connectivity index (χ2v) is 9.53. The van der Waals surface area contributed by atoms with Crippen molar-refractivity contribution in [2.45, 2.75) is 0 Å². The summed E-state index contributed by atoms with van der Waals surface area (Å²) in [6, 6.07) is 45.6. The highest BCUT2D eigenvalue weighted by atomic mass is 19.1. The lowest BCUT2D eigenvalue weighted by molar-refractivity contribution is 0.617. The lowest BCUT2D eigenvalue weighted by atomic mass is 10.0. The average molecular weight is 525 g/mol. The van der Waals surface area contributed by atoms with Gasteiger partial charge in [0.25, 0.3) is 0 Å². The summed E-state index contributed by atoms with van der Waals surface area (Å²) in [5.41, 5.74) is 7.74. The molecule has 0 aliphatic heterocycles. The van der Waals surface area contributed by atoms with E-state index in [4.69, 9.17) is 0 Å².